The van der Waals surface area contributed by atoms with Gasteiger partial charge in [0.15, 0.2) is 0 Å². The molecule has 0 aliphatic carbocycles. The Morgan fingerprint density at radius 2 is 1.55 bits per heavy atom. The summed E-state index contributed by atoms with van der Waals surface area (Å²) in [6.45, 7) is 9.90. The predicted octanol–water partition coefficient (Wildman–Crippen LogP) is 1.81. The van der Waals surface area contributed by atoms with Crippen molar-refractivity contribution in [2.45, 2.75) is 50.8 Å². The highest BCUT2D eigenvalue weighted by molar-refractivity contribution is 7.89. The minimum atomic E-state index is -3.40. The summed E-state index contributed by atoms with van der Waals surface area (Å²) in [5.74, 6) is 0.260. The highest BCUT2D eigenvalue weighted by Gasteiger charge is 2.27. The third-order valence-electron chi connectivity index (χ3n) is 6.67. The molecule has 2 fully saturated rings. The fourth-order valence-electron chi connectivity index (χ4n) is 4.56. The van der Waals surface area contributed by atoms with Gasteiger partial charge in [-0.2, -0.15) is 4.31 Å². The Morgan fingerprint density at radius 1 is 0.879 bits per heavy atom. The second kappa shape index (κ2) is 11.9. The van der Waals surface area contributed by atoms with E-state index in [2.05, 4.69) is 4.90 Å². The number of carbonyl (C=O) groups excluding carboxylic acids is 2. The zero-order chi connectivity index (χ0) is 23.8. The Balaban J connectivity index is 1.47. The maximum absolute atomic E-state index is 12.8. The van der Waals surface area contributed by atoms with Gasteiger partial charge in [-0.15, -0.1) is 0 Å². The van der Waals surface area contributed by atoms with E-state index in [4.69, 9.17) is 0 Å². The molecule has 8 nitrogen and oxygen atoms in total. The number of sulfonamides is 1. The molecule has 2 heterocycles. The predicted molar refractivity (Wildman–Crippen MR) is 128 cm³/mol. The number of carbonyl (C=O) groups is 2. The van der Waals surface area contributed by atoms with Crippen LogP contribution in [0, 0.1) is 0 Å². The molecule has 1 aromatic carbocycles. The zero-order valence-electron chi connectivity index (χ0n) is 20.0. The third-order valence-corrected chi connectivity index (χ3v) is 8.58. The first kappa shape index (κ1) is 25.6. The Hall–Kier alpha value is -1.97. The van der Waals surface area contributed by atoms with Crippen molar-refractivity contribution < 1.29 is 18.0 Å². The summed E-state index contributed by atoms with van der Waals surface area (Å²) in [7, 11) is -3.40. The van der Waals surface area contributed by atoms with Crippen LogP contribution in [-0.2, 0) is 26.0 Å². The summed E-state index contributed by atoms with van der Waals surface area (Å²) >= 11 is 0. The molecular weight excluding hydrogens is 440 g/mol. The van der Waals surface area contributed by atoms with E-state index in [1.807, 2.05) is 35.8 Å². The standard InChI is InChI=1S/C24H38N4O4S/c1-3-26(4-2)24(30)20-25-14-7-15-27(19-18-25)23(29)13-10-21-8-11-22(12-9-21)33(31,32)28-16-5-6-17-28/h8-9,11-12H,3-7,10,13-20H2,1-2H3. The molecule has 0 unspecified atom stereocenters. The molecule has 1 aromatic rings. The molecule has 0 radical (unpaired) electrons. The molecule has 0 atom stereocenters. The summed E-state index contributed by atoms with van der Waals surface area (Å²) in [6, 6.07) is 6.95. The van der Waals surface area contributed by atoms with Crippen LogP contribution in [0.5, 0.6) is 0 Å². The maximum Gasteiger partial charge on any atom is 0.243 e. The van der Waals surface area contributed by atoms with Gasteiger partial charge < -0.3 is 9.80 Å². The van der Waals surface area contributed by atoms with Crippen molar-refractivity contribution in [3.63, 3.8) is 0 Å². The molecule has 2 aliphatic heterocycles. The summed E-state index contributed by atoms with van der Waals surface area (Å²) in [6.07, 6.45) is 3.68. The molecule has 0 aromatic heterocycles. The van der Waals surface area contributed by atoms with Crippen molar-refractivity contribution >= 4 is 21.8 Å². The van der Waals surface area contributed by atoms with Crippen LogP contribution in [0.3, 0.4) is 0 Å². The van der Waals surface area contributed by atoms with Crippen molar-refractivity contribution in [3.05, 3.63) is 29.8 Å². The average Bonchev–Trinajstić information content (AvgIpc) is 3.27. The van der Waals surface area contributed by atoms with Gasteiger partial charge >= 0.3 is 0 Å². The molecule has 184 valence electrons. The van der Waals surface area contributed by atoms with Gasteiger partial charge in [-0.25, -0.2) is 8.42 Å². The minimum absolute atomic E-state index is 0.112. The molecule has 0 spiro atoms. The number of hydrogen-bond acceptors (Lipinski definition) is 5. The van der Waals surface area contributed by atoms with Crippen molar-refractivity contribution in [1.29, 1.82) is 0 Å². The number of likely N-dealkylation sites (N-methyl/N-ethyl adjacent to an activating group) is 1. The lowest BCUT2D eigenvalue weighted by atomic mass is 10.1. The molecule has 2 aliphatic rings. The van der Waals surface area contributed by atoms with Crippen LogP contribution in [0.4, 0.5) is 0 Å². The SMILES string of the molecule is CCN(CC)C(=O)CN1CCCN(C(=O)CCc2ccc(S(=O)(=O)N3CCCC3)cc2)CC1. The van der Waals surface area contributed by atoms with Gasteiger partial charge in [0.25, 0.3) is 0 Å². The highest BCUT2D eigenvalue weighted by atomic mass is 32.2. The monoisotopic (exact) mass is 478 g/mol. The Bertz CT molecular complexity index is 894. The molecular formula is C24H38N4O4S. The largest absolute Gasteiger partial charge is 0.342 e. The van der Waals surface area contributed by atoms with Crippen molar-refractivity contribution in [1.82, 2.24) is 19.0 Å². The van der Waals surface area contributed by atoms with Crippen molar-refractivity contribution in [3.8, 4) is 0 Å². The van der Waals surface area contributed by atoms with Crippen LogP contribution in [0.25, 0.3) is 0 Å². The molecule has 2 amide bonds. The first-order chi connectivity index (χ1) is 15.8. The molecule has 33 heavy (non-hydrogen) atoms. The number of benzene rings is 1. The first-order valence-electron chi connectivity index (χ1n) is 12.2. The number of rotatable bonds is 9. The zero-order valence-corrected chi connectivity index (χ0v) is 20.9. The highest BCUT2D eigenvalue weighted by Crippen LogP contribution is 2.21. The van der Waals surface area contributed by atoms with Gasteiger partial charge in [-0.05, 0) is 57.2 Å². The van der Waals surface area contributed by atoms with Crippen LogP contribution in [0.2, 0.25) is 0 Å². The third kappa shape index (κ3) is 6.77. The summed E-state index contributed by atoms with van der Waals surface area (Å²) in [5, 5.41) is 0. The van der Waals surface area contributed by atoms with Crippen LogP contribution in [0.15, 0.2) is 29.2 Å². The minimum Gasteiger partial charge on any atom is -0.342 e. The second-order valence-corrected chi connectivity index (χ2v) is 10.8. The lowest BCUT2D eigenvalue weighted by Gasteiger charge is -2.25. The van der Waals surface area contributed by atoms with Crippen LogP contribution in [-0.4, -0.2) is 98.1 Å². The Labute approximate surface area is 198 Å². The normalized spacial score (nSPS) is 18.3. The van der Waals surface area contributed by atoms with E-state index >= 15 is 0 Å². The second-order valence-electron chi connectivity index (χ2n) is 8.83. The van der Waals surface area contributed by atoms with Crippen LogP contribution >= 0.6 is 0 Å². The fourth-order valence-corrected chi connectivity index (χ4v) is 6.08. The molecule has 0 saturated carbocycles. The van der Waals surface area contributed by atoms with Gasteiger partial charge in [-0.1, -0.05) is 12.1 Å². The Morgan fingerprint density at radius 3 is 2.18 bits per heavy atom. The maximum atomic E-state index is 12.8. The number of nitrogens with zero attached hydrogens (tertiary/aromatic N) is 4. The summed E-state index contributed by atoms with van der Waals surface area (Å²) in [5.41, 5.74) is 0.963. The number of aryl methyl sites for hydroxylation is 1. The smallest absolute Gasteiger partial charge is 0.243 e. The molecule has 3 rings (SSSR count). The number of hydrogen-bond donors (Lipinski definition) is 0. The van der Waals surface area contributed by atoms with Gasteiger partial charge in [0.2, 0.25) is 21.8 Å². The summed E-state index contributed by atoms with van der Waals surface area (Å²) < 4.78 is 26.9. The average molecular weight is 479 g/mol. The van der Waals surface area contributed by atoms with E-state index in [0.717, 1.165) is 44.5 Å². The van der Waals surface area contributed by atoms with E-state index in [0.29, 0.717) is 57.0 Å². The molecule has 0 N–H and O–H groups in total. The lowest BCUT2D eigenvalue weighted by molar-refractivity contribution is -0.132. The number of amides is 2. The van der Waals surface area contributed by atoms with Crippen molar-refractivity contribution in [2.24, 2.45) is 0 Å². The van der Waals surface area contributed by atoms with E-state index < -0.39 is 10.0 Å². The first-order valence-corrected chi connectivity index (χ1v) is 13.7. The van der Waals surface area contributed by atoms with Crippen LogP contribution < -0.4 is 0 Å². The van der Waals surface area contributed by atoms with E-state index in [9.17, 15) is 18.0 Å². The van der Waals surface area contributed by atoms with E-state index in [1.54, 1.807) is 16.4 Å². The van der Waals surface area contributed by atoms with Crippen LogP contribution in [0.1, 0.15) is 45.1 Å². The van der Waals surface area contributed by atoms with Gasteiger partial charge in [-0.3, -0.25) is 14.5 Å². The van der Waals surface area contributed by atoms with E-state index in [1.165, 1.54) is 0 Å². The summed E-state index contributed by atoms with van der Waals surface area (Å²) in [4.78, 5) is 31.4. The lowest BCUT2D eigenvalue weighted by Crippen LogP contribution is -2.42. The molecule has 2 saturated heterocycles. The fraction of sp³-hybridized carbons (Fsp3) is 0.667. The molecule has 0 bridgehead atoms. The van der Waals surface area contributed by atoms with Gasteiger partial charge in [0.1, 0.15) is 0 Å². The van der Waals surface area contributed by atoms with E-state index in [-0.39, 0.29) is 11.8 Å². The van der Waals surface area contributed by atoms with Gasteiger partial charge in [0, 0.05) is 58.8 Å². The quantitative estimate of drug-likeness (QED) is 0.541. The van der Waals surface area contributed by atoms with Gasteiger partial charge in [0.05, 0.1) is 11.4 Å². The topological polar surface area (TPSA) is 81.2 Å². The molecule has 9 heteroatoms. The van der Waals surface area contributed by atoms with Crippen molar-refractivity contribution in [2.75, 3.05) is 58.9 Å². The Kier molecular flexibility index (Phi) is 9.28.